The van der Waals surface area contributed by atoms with Crippen molar-refractivity contribution in [3.8, 4) is 0 Å². The fraction of sp³-hybridized carbons (Fsp3) is 0.500. The second-order valence-electron chi connectivity index (χ2n) is 1.83. The van der Waals surface area contributed by atoms with Gasteiger partial charge in [-0.15, -0.1) is 11.3 Å². The number of halogens is 1. The van der Waals surface area contributed by atoms with Gasteiger partial charge in [-0.05, 0) is 0 Å². The Bertz CT molecular complexity index is 164. The van der Waals surface area contributed by atoms with Gasteiger partial charge in [0.05, 0.1) is 5.51 Å². The number of nitrogens with zero attached hydrogens (tertiary/aromatic N) is 1. The van der Waals surface area contributed by atoms with E-state index in [0.717, 1.165) is 11.4 Å². The molecule has 0 aliphatic rings. The Balaban J connectivity index is 2.15. The van der Waals surface area contributed by atoms with Gasteiger partial charge in [0.1, 0.15) is 6.67 Å². The van der Waals surface area contributed by atoms with Gasteiger partial charge >= 0.3 is 0 Å². The summed E-state index contributed by atoms with van der Waals surface area (Å²) in [6.07, 6.45) is 1.79. The Kier molecular flexibility index (Phi) is 3.32. The zero-order valence-electron chi connectivity index (χ0n) is 5.51. The standard InChI is InChI=1S/C6H9FN2S/c7-1-2-8-3-6-4-9-5-10-6/h4-5,8H,1-3H2. The predicted octanol–water partition coefficient (Wildman–Crippen LogP) is 1.20. The molecule has 1 heterocycles. The summed E-state index contributed by atoms with van der Waals surface area (Å²) in [6.45, 7) is 0.852. The lowest BCUT2D eigenvalue weighted by molar-refractivity contribution is 0.467. The van der Waals surface area contributed by atoms with Gasteiger partial charge in [-0.2, -0.15) is 0 Å². The van der Waals surface area contributed by atoms with Crippen molar-refractivity contribution in [1.29, 1.82) is 0 Å². The molecule has 0 radical (unpaired) electrons. The highest BCUT2D eigenvalue weighted by molar-refractivity contribution is 7.09. The van der Waals surface area contributed by atoms with E-state index in [9.17, 15) is 4.39 Å². The Morgan fingerprint density at radius 1 is 1.70 bits per heavy atom. The third-order valence-corrected chi connectivity index (χ3v) is 1.83. The van der Waals surface area contributed by atoms with Crippen molar-refractivity contribution in [2.45, 2.75) is 6.54 Å². The maximum Gasteiger partial charge on any atom is 0.102 e. The van der Waals surface area contributed by atoms with Crippen LogP contribution >= 0.6 is 11.3 Å². The number of alkyl halides is 1. The molecule has 1 aromatic rings. The van der Waals surface area contributed by atoms with E-state index >= 15 is 0 Å². The average Bonchev–Trinajstić information content (AvgIpc) is 2.41. The number of hydrogen-bond acceptors (Lipinski definition) is 3. The Hall–Kier alpha value is -0.480. The van der Waals surface area contributed by atoms with Crippen LogP contribution in [0.4, 0.5) is 4.39 Å². The molecule has 0 spiro atoms. The lowest BCUT2D eigenvalue weighted by Crippen LogP contribution is -2.14. The zero-order valence-corrected chi connectivity index (χ0v) is 6.33. The first-order chi connectivity index (χ1) is 4.93. The summed E-state index contributed by atoms with van der Waals surface area (Å²) in [7, 11) is 0. The minimum absolute atomic E-state index is 0.307. The first-order valence-electron chi connectivity index (χ1n) is 3.07. The van der Waals surface area contributed by atoms with Crippen molar-refractivity contribution in [3.05, 3.63) is 16.6 Å². The molecule has 0 aliphatic carbocycles. The third-order valence-electron chi connectivity index (χ3n) is 1.05. The molecule has 0 fully saturated rings. The lowest BCUT2D eigenvalue weighted by atomic mass is 10.5. The fourth-order valence-electron chi connectivity index (χ4n) is 0.608. The van der Waals surface area contributed by atoms with E-state index in [1.807, 2.05) is 0 Å². The highest BCUT2D eigenvalue weighted by atomic mass is 32.1. The fourth-order valence-corrected chi connectivity index (χ4v) is 1.17. The van der Waals surface area contributed by atoms with Gasteiger partial charge in [-0.1, -0.05) is 0 Å². The molecular weight excluding hydrogens is 151 g/mol. The zero-order chi connectivity index (χ0) is 7.23. The molecule has 56 valence electrons. The van der Waals surface area contributed by atoms with E-state index in [1.165, 1.54) is 0 Å². The van der Waals surface area contributed by atoms with E-state index in [1.54, 1.807) is 23.0 Å². The molecule has 1 N–H and O–H groups in total. The van der Waals surface area contributed by atoms with Crippen molar-refractivity contribution in [2.75, 3.05) is 13.2 Å². The van der Waals surface area contributed by atoms with Crippen molar-refractivity contribution in [3.63, 3.8) is 0 Å². The highest BCUT2D eigenvalue weighted by Crippen LogP contribution is 2.03. The van der Waals surface area contributed by atoms with Crippen LogP contribution in [0.2, 0.25) is 0 Å². The quantitative estimate of drug-likeness (QED) is 0.669. The third kappa shape index (κ3) is 2.41. The van der Waals surface area contributed by atoms with Gasteiger partial charge in [-0.3, -0.25) is 4.98 Å². The smallest absolute Gasteiger partial charge is 0.102 e. The largest absolute Gasteiger partial charge is 0.309 e. The van der Waals surface area contributed by atoms with Crippen LogP contribution < -0.4 is 5.32 Å². The van der Waals surface area contributed by atoms with Gasteiger partial charge in [0.15, 0.2) is 0 Å². The SMILES string of the molecule is FCCNCc1cncs1. The van der Waals surface area contributed by atoms with Crippen LogP contribution in [-0.2, 0) is 6.54 Å². The topological polar surface area (TPSA) is 24.9 Å². The van der Waals surface area contributed by atoms with Crippen LogP contribution in [0.5, 0.6) is 0 Å². The maximum atomic E-state index is 11.5. The molecule has 0 aromatic carbocycles. The van der Waals surface area contributed by atoms with E-state index in [-0.39, 0.29) is 6.67 Å². The molecule has 0 bridgehead atoms. The number of aromatic nitrogens is 1. The molecule has 1 rings (SSSR count). The summed E-state index contributed by atoms with van der Waals surface area (Å²) < 4.78 is 11.5. The molecule has 0 atom stereocenters. The van der Waals surface area contributed by atoms with E-state index in [4.69, 9.17) is 0 Å². The summed E-state index contributed by atoms with van der Waals surface area (Å²) in [5.41, 5.74) is 1.77. The molecular formula is C6H9FN2S. The van der Waals surface area contributed by atoms with Gasteiger partial charge in [0, 0.05) is 24.2 Å². The predicted molar refractivity (Wildman–Crippen MR) is 39.8 cm³/mol. The number of rotatable bonds is 4. The molecule has 0 saturated heterocycles. The monoisotopic (exact) mass is 160 g/mol. The Labute approximate surface area is 63.1 Å². The molecule has 10 heavy (non-hydrogen) atoms. The second-order valence-corrected chi connectivity index (χ2v) is 2.80. The summed E-state index contributed by atoms with van der Waals surface area (Å²) in [5.74, 6) is 0. The summed E-state index contributed by atoms with van der Waals surface area (Å²) in [6, 6.07) is 0. The van der Waals surface area contributed by atoms with Crippen LogP contribution in [0.1, 0.15) is 4.88 Å². The molecule has 0 saturated carbocycles. The van der Waals surface area contributed by atoms with Crippen molar-refractivity contribution in [1.82, 2.24) is 10.3 Å². The highest BCUT2D eigenvalue weighted by Gasteiger charge is 1.91. The van der Waals surface area contributed by atoms with E-state index in [2.05, 4.69) is 10.3 Å². The van der Waals surface area contributed by atoms with Gasteiger partial charge in [0.2, 0.25) is 0 Å². The second kappa shape index (κ2) is 4.35. The van der Waals surface area contributed by atoms with Crippen molar-refractivity contribution < 1.29 is 4.39 Å². The molecule has 0 aliphatic heterocycles. The molecule has 2 nitrogen and oxygen atoms in total. The summed E-state index contributed by atoms with van der Waals surface area (Å²) >= 11 is 1.58. The normalized spacial score (nSPS) is 10.1. The van der Waals surface area contributed by atoms with Crippen LogP contribution in [0.25, 0.3) is 0 Å². The van der Waals surface area contributed by atoms with Crippen LogP contribution in [-0.4, -0.2) is 18.2 Å². The Morgan fingerprint density at radius 2 is 2.60 bits per heavy atom. The average molecular weight is 160 g/mol. The number of thiazole rings is 1. The van der Waals surface area contributed by atoms with Crippen LogP contribution in [0, 0.1) is 0 Å². The van der Waals surface area contributed by atoms with Crippen LogP contribution in [0.3, 0.4) is 0 Å². The molecule has 4 heteroatoms. The maximum absolute atomic E-state index is 11.5. The number of hydrogen-bond donors (Lipinski definition) is 1. The van der Waals surface area contributed by atoms with Crippen molar-refractivity contribution in [2.24, 2.45) is 0 Å². The van der Waals surface area contributed by atoms with Gasteiger partial charge in [0.25, 0.3) is 0 Å². The number of nitrogens with one attached hydrogen (secondary N) is 1. The van der Waals surface area contributed by atoms with E-state index in [0.29, 0.717) is 6.54 Å². The summed E-state index contributed by atoms with van der Waals surface area (Å²) in [5, 5.41) is 2.93. The van der Waals surface area contributed by atoms with E-state index < -0.39 is 0 Å². The first-order valence-corrected chi connectivity index (χ1v) is 3.95. The molecule has 1 aromatic heterocycles. The minimum Gasteiger partial charge on any atom is -0.309 e. The van der Waals surface area contributed by atoms with Gasteiger partial charge in [-0.25, -0.2) is 4.39 Å². The van der Waals surface area contributed by atoms with Crippen molar-refractivity contribution >= 4 is 11.3 Å². The summed E-state index contributed by atoms with van der Waals surface area (Å²) in [4.78, 5) is 5.03. The Morgan fingerprint density at radius 3 is 3.20 bits per heavy atom. The molecule has 0 amide bonds. The first kappa shape index (κ1) is 7.63. The van der Waals surface area contributed by atoms with Crippen LogP contribution in [0.15, 0.2) is 11.7 Å². The molecule has 0 unspecified atom stereocenters. The lowest BCUT2D eigenvalue weighted by Gasteiger charge is -1.95. The van der Waals surface area contributed by atoms with Gasteiger partial charge < -0.3 is 5.32 Å². The minimum atomic E-state index is -0.307.